The zero-order valence-corrected chi connectivity index (χ0v) is 12.9. The van der Waals surface area contributed by atoms with Crippen molar-refractivity contribution in [2.75, 3.05) is 0 Å². The smallest absolute Gasteiger partial charge is 0.308 e. The maximum Gasteiger partial charge on any atom is 0.308 e. The predicted octanol–water partition coefficient (Wildman–Crippen LogP) is 1.52. The van der Waals surface area contributed by atoms with Crippen LogP contribution in [0.4, 0.5) is 0 Å². The van der Waals surface area contributed by atoms with Gasteiger partial charge in [-0.25, -0.2) is 8.42 Å². The molecule has 0 saturated carbocycles. The number of carboxylic acids is 1. The molecule has 0 amide bonds. The Kier molecular flexibility index (Phi) is 3.57. The van der Waals surface area contributed by atoms with Crippen LogP contribution in [0.3, 0.4) is 0 Å². The number of carboxylic acid groups (broad SMARTS) is 1. The molecule has 2 fully saturated rings. The summed E-state index contributed by atoms with van der Waals surface area (Å²) in [6, 6.07) is 5.12. The van der Waals surface area contributed by atoms with Gasteiger partial charge in [-0.05, 0) is 38.3 Å². The summed E-state index contributed by atoms with van der Waals surface area (Å²) in [6.07, 6.45) is 1.68. The Morgan fingerprint density at radius 1 is 1.18 bits per heavy atom. The largest absolute Gasteiger partial charge is 0.481 e. The third-order valence-corrected chi connectivity index (χ3v) is 6.62. The van der Waals surface area contributed by atoms with Gasteiger partial charge >= 0.3 is 5.97 Å². The van der Waals surface area contributed by atoms with Crippen molar-refractivity contribution < 1.29 is 23.1 Å². The number of Topliss-reactive ketones (excluding diaryl/α,β-unsaturated/α-hetero) is 1. The van der Waals surface area contributed by atoms with Crippen molar-refractivity contribution in [1.82, 2.24) is 4.31 Å². The molecule has 1 aromatic rings. The van der Waals surface area contributed by atoms with Gasteiger partial charge in [0.15, 0.2) is 5.78 Å². The number of rotatable bonds is 4. The van der Waals surface area contributed by atoms with Crippen molar-refractivity contribution in [3.63, 3.8) is 0 Å². The van der Waals surface area contributed by atoms with Crippen molar-refractivity contribution in [3.05, 3.63) is 29.8 Å². The Bertz CT molecular complexity index is 725. The molecule has 22 heavy (non-hydrogen) atoms. The van der Waals surface area contributed by atoms with E-state index in [2.05, 4.69) is 0 Å². The molecular formula is C15H17NO5S. The number of fused-ring (bicyclic) bond motifs is 2. The Morgan fingerprint density at radius 2 is 1.82 bits per heavy atom. The molecule has 2 saturated heterocycles. The SMILES string of the molecule is CC(=O)c1ccc(S(=O)(=O)N2C3CCC2C(C(=O)O)C3)cc1. The molecule has 2 heterocycles. The highest BCUT2D eigenvalue weighted by Crippen LogP contribution is 2.45. The second-order valence-corrected chi connectivity index (χ2v) is 7.74. The zero-order valence-electron chi connectivity index (χ0n) is 12.1. The lowest BCUT2D eigenvalue weighted by molar-refractivity contribution is -0.142. The lowest BCUT2D eigenvalue weighted by Gasteiger charge is -2.22. The third-order valence-electron chi connectivity index (χ3n) is 4.63. The van der Waals surface area contributed by atoms with Crippen molar-refractivity contribution in [2.24, 2.45) is 5.92 Å². The van der Waals surface area contributed by atoms with Crippen LogP contribution in [-0.4, -0.2) is 41.7 Å². The van der Waals surface area contributed by atoms with Gasteiger partial charge in [0.2, 0.25) is 10.0 Å². The van der Waals surface area contributed by atoms with E-state index in [1.54, 1.807) is 0 Å². The van der Waals surface area contributed by atoms with Gasteiger partial charge in [-0.1, -0.05) is 12.1 Å². The maximum absolute atomic E-state index is 12.8. The van der Waals surface area contributed by atoms with Gasteiger partial charge < -0.3 is 5.11 Å². The summed E-state index contributed by atoms with van der Waals surface area (Å²) in [5.41, 5.74) is 0.451. The van der Waals surface area contributed by atoms with E-state index in [0.717, 1.165) is 0 Å². The molecule has 0 radical (unpaired) electrons. The fraction of sp³-hybridized carbons (Fsp3) is 0.467. The van der Waals surface area contributed by atoms with Gasteiger partial charge in [-0.2, -0.15) is 4.31 Å². The van der Waals surface area contributed by atoms with E-state index in [1.165, 1.54) is 35.5 Å². The minimum Gasteiger partial charge on any atom is -0.481 e. The summed E-state index contributed by atoms with van der Waals surface area (Å²) in [5, 5.41) is 9.23. The van der Waals surface area contributed by atoms with E-state index >= 15 is 0 Å². The third kappa shape index (κ3) is 2.24. The highest BCUT2D eigenvalue weighted by atomic mass is 32.2. The molecule has 2 aliphatic rings. The molecule has 3 rings (SSSR count). The highest BCUT2D eigenvalue weighted by molar-refractivity contribution is 7.89. The number of hydrogen-bond donors (Lipinski definition) is 1. The first-order chi connectivity index (χ1) is 10.3. The fourth-order valence-electron chi connectivity index (χ4n) is 3.56. The molecular weight excluding hydrogens is 306 g/mol. The Balaban J connectivity index is 1.94. The molecule has 3 unspecified atom stereocenters. The maximum atomic E-state index is 12.8. The van der Waals surface area contributed by atoms with E-state index in [4.69, 9.17) is 0 Å². The molecule has 1 aromatic carbocycles. The summed E-state index contributed by atoms with van der Waals surface area (Å²) in [5.74, 6) is -1.68. The van der Waals surface area contributed by atoms with Gasteiger partial charge in [0, 0.05) is 17.6 Å². The zero-order chi connectivity index (χ0) is 16.1. The normalized spacial score (nSPS) is 28.0. The van der Waals surface area contributed by atoms with Gasteiger partial charge in [0.25, 0.3) is 0 Å². The molecule has 118 valence electrons. The first-order valence-electron chi connectivity index (χ1n) is 7.19. The number of hydrogen-bond acceptors (Lipinski definition) is 4. The van der Waals surface area contributed by atoms with Crippen LogP contribution >= 0.6 is 0 Å². The molecule has 0 spiro atoms. The Hall–Kier alpha value is -1.73. The quantitative estimate of drug-likeness (QED) is 0.848. The molecule has 2 aliphatic heterocycles. The van der Waals surface area contributed by atoms with Crippen LogP contribution in [0, 0.1) is 5.92 Å². The second-order valence-electron chi connectivity index (χ2n) is 5.89. The molecule has 2 bridgehead atoms. The van der Waals surface area contributed by atoms with Crippen LogP contribution in [0.2, 0.25) is 0 Å². The monoisotopic (exact) mass is 323 g/mol. The number of ketones is 1. The predicted molar refractivity (Wildman–Crippen MR) is 78.0 cm³/mol. The minimum atomic E-state index is -3.72. The molecule has 6 nitrogen and oxygen atoms in total. The lowest BCUT2D eigenvalue weighted by Crippen LogP contribution is -2.37. The van der Waals surface area contributed by atoms with Crippen molar-refractivity contribution in [3.8, 4) is 0 Å². The Morgan fingerprint density at radius 3 is 2.32 bits per heavy atom. The topological polar surface area (TPSA) is 91.8 Å². The Labute approximate surface area is 128 Å². The van der Waals surface area contributed by atoms with E-state index in [-0.39, 0.29) is 16.7 Å². The van der Waals surface area contributed by atoms with Gasteiger partial charge in [0.1, 0.15) is 0 Å². The minimum absolute atomic E-state index is 0.112. The van der Waals surface area contributed by atoms with Crippen LogP contribution in [0.1, 0.15) is 36.5 Å². The average molecular weight is 323 g/mol. The summed E-state index contributed by atoms with van der Waals surface area (Å²) in [6.45, 7) is 1.42. The van der Waals surface area contributed by atoms with E-state index in [1.807, 2.05) is 0 Å². The summed E-state index contributed by atoms with van der Waals surface area (Å²) >= 11 is 0. The first kappa shape index (κ1) is 15.2. The molecule has 0 aromatic heterocycles. The lowest BCUT2D eigenvalue weighted by atomic mass is 9.89. The van der Waals surface area contributed by atoms with E-state index < -0.39 is 28.0 Å². The number of carbonyl (C=O) groups excluding carboxylic acids is 1. The molecule has 7 heteroatoms. The second kappa shape index (κ2) is 5.17. The van der Waals surface area contributed by atoms with E-state index in [9.17, 15) is 23.1 Å². The van der Waals surface area contributed by atoms with Gasteiger partial charge in [-0.15, -0.1) is 0 Å². The summed E-state index contributed by atoms with van der Waals surface area (Å²) in [7, 11) is -3.72. The van der Waals surface area contributed by atoms with Crippen LogP contribution in [-0.2, 0) is 14.8 Å². The van der Waals surface area contributed by atoms with Crippen LogP contribution in [0.15, 0.2) is 29.2 Å². The molecule has 3 atom stereocenters. The van der Waals surface area contributed by atoms with Crippen LogP contribution in [0.25, 0.3) is 0 Å². The van der Waals surface area contributed by atoms with E-state index in [0.29, 0.717) is 24.8 Å². The number of carbonyl (C=O) groups is 2. The number of benzene rings is 1. The first-order valence-corrected chi connectivity index (χ1v) is 8.63. The standard InChI is InChI=1S/C15H17NO5S/c1-9(17)10-2-5-12(6-3-10)22(20,21)16-11-4-7-14(16)13(8-11)15(18)19/h2-3,5-6,11,13-14H,4,7-8H2,1H3,(H,18,19). The molecule has 1 N–H and O–H groups in total. The molecule has 0 aliphatic carbocycles. The number of nitrogens with zero attached hydrogens (tertiary/aromatic N) is 1. The van der Waals surface area contributed by atoms with Gasteiger partial charge in [0.05, 0.1) is 10.8 Å². The van der Waals surface area contributed by atoms with Crippen molar-refractivity contribution in [2.45, 2.75) is 43.2 Å². The van der Waals surface area contributed by atoms with Gasteiger partial charge in [-0.3, -0.25) is 9.59 Å². The van der Waals surface area contributed by atoms with Crippen molar-refractivity contribution in [1.29, 1.82) is 0 Å². The van der Waals surface area contributed by atoms with Crippen LogP contribution < -0.4 is 0 Å². The van der Waals surface area contributed by atoms with Crippen LogP contribution in [0.5, 0.6) is 0 Å². The number of aliphatic carboxylic acids is 1. The average Bonchev–Trinajstić information content (AvgIpc) is 3.05. The highest BCUT2D eigenvalue weighted by Gasteiger charge is 2.54. The van der Waals surface area contributed by atoms with Crippen molar-refractivity contribution >= 4 is 21.8 Å². The fourth-order valence-corrected chi connectivity index (χ4v) is 5.48. The summed E-state index contributed by atoms with van der Waals surface area (Å²) < 4.78 is 27.0. The number of sulfonamides is 1. The summed E-state index contributed by atoms with van der Waals surface area (Å²) in [4.78, 5) is 22.6.